The van der Waals surface area contributed by atoms with Crippen LogP contribution in [0.25, 0.3) is 5.76 Å². The van der Waals surface area contributed by atoms with E-state index in [1.54, 1.807) is 24.3 Å². The standard InChI is InChI=1S/C26H30Cl2N2O6/c1-6-29(7-2)12-13-30-21(15-10-8-9-11-18(15)34-3)19(23(32)26(30)33)22(31)16-14-17(27)25(36-5)20(28)24(16)35-4/h8-11,14,21,31H,6-7,12-13H2,1-5H3/b22-19+. The van der Waals surface area contributed by atoms with E-state index in [0.717, 1.165) is 13.1 Å². The predicted octanol–water partition coefficient (Wildman–Crippen LogP) is 4.78. The van der Waals surface area contributed by atoms with Gasteiger partial charge in [0.05, 0.1) is 43.5 Å². The zero-order chi connectivity index (χ0) is 26.6. The minimum atomic E-state index is -0.902. The number of para-hydroxylation sites is 1. The molecule has 2 aromatic carbocycles. The van der Waals surface area contributed by atoms with Crippen molar-refractivity contribution in [3.8, 4) is 17.2 Å². The van der Waals surface area contributed by atoms with Gasteiger partial charge in [-0.1, -0.05) is 55.2 Å². The van der Waals surface area contributed by atoms with Gasteiger partial charge in [0, 0.05) is 18.7 Å². The number of rotatable bonds is 10. The Hall–Kier alpha value is -2.94. The highest BCUT2D eigenvalue weighted by Gasteiger charge is 2.47. The summed E-state index contributed by atoms with van der Waals surface area (Å²) in [6.07, 6.45) is 0. The second kappa shape index (κ2) is 11.9. The molecule has 0 aromatic heterocycles. The van der Waals surface area contributed by atoms with Gasteiger partial charge in [0.25, 0.3) is 11.7 Å². The van der Waals surface area contributed by atoms with Crippen molar-refractivity contribution in [3.05, 3.63) is 57.1 Å². The fourth-order valence-corrected chi connectivity index (χ4v) is 5.09. The summed E-state index contributed by atoms with van der Waals surface area (Å²) in [4.78, 5) is 30.3. The number of Topliss-reactive ketones (excluding diaryl/α,β-unsaturated/α-hetero) is 1. The third-order valence-electron chi connectivity index (χ3n) is 6.32. The van der Waals surface area contributed by atoms with Crippen LogP contribution < -0.4 is 14.2 Å². The quantitative estimate of drug-likeness (QED) is 0.265. The number of hydrogen-bond acceptors (Lipinski definition) is 7. The predicted molar refractivity (Wildman–Crippen MR) is 139 cm³/mol. The van der Waals surface area contributed by atoms with E-state index in [0.29, 0.717) is 17.9 Å². The summed E-state index contributed by atoms with van der Waals surface area (Å²) < 4.78 is 16.2. The SMILES string of the molecule is CCN(CC)CCN1C(=O)C(=O)/C(=C(/O)c2cc(Cl)c(OC)c(Cl)c2OC)C1c1ccccc1OC. The van der Waals surface area contributed by atoms with E-state index in [2.05, 4.69) is 4.90 Å². The minimum Gasteiger partial charge on any atom is -0.507 e. The summed E-state index contributed by atoms with van der Waals surface area (Å²) in [5.74, 6) is -1.31. The molecule has 194 valence electrons. The molecule has 1 amide bonds. The van der Waals surface area contributed by atoms with Gasteiger partial charge < -0.3 is 29.1 Å². The summed E-state index contributed by atoms with van der Waals surface area (Å²) in [6, 6.07) is 7.56. The molecule has 1 unspecified atom stereocenters. The molecule has 1 saturated heterocycles. The van der Waals surface area contributed by atoms with Gasteiger partial charge in [-0.2, -0.15) is 0 Å². The third kappa shape index (κ3) is 4.98. The maximum atomic E-state index is 13.4. The highest BCUT2D eigenvalue weighted by Crippen LogP contribution is 2.48. The van der Waals surface area contributed by atoms with Crippen molar-refractivity contribution in [1.29, 1.82) is 0 Å². The number of aliphatic hydroxyl groups excluding tert-OH is 1. The molecule has 1 fully saturated rings. The molecule has 0 bridgehead atoms. The smallest absolute Gasteiger partial charge is 0.295 e. The molecular weight excluding hydrogens is 507 g/mol. The number of aliphatic hydroxyl groups is 1. The molecule has 3 rings (SSSR count). The number of ketones is 1. The van der Waals surface area contributed by atoms with Crippen molar-refractivity contribution >= 4 is 40.7 Å². The van der Waals surface area contributed by atoms with Gasteiger partial charge in [-0.15, -0.1) is 0 Å². The van der Waals surface area contributed by atoms with E-state index in [-0.39, 0.29) is 39.2 Å². The number of ether oxygens (including phenoxy) is 3. The largest absolute Gasteiger partial charge is 0.507 e. The maximum absolute atomic E-state index is 13.4. The molecular formula is C26H30Cl2N2O6. The zero-order valence-corrected chi connectivity index (χ0v) is 22.4. The van der Waals surface area contributed by atoms with Crippen LogP contribution in [0.3, 0.4) is 0 Å². The summed E-state index contributed by atoms with van der Waals surface area (Å²) in [7, 11) is 4.27. The van der Waals surface area contributed by atoms with Crippen molar-refractivity contribution in [2.75, 3.05) is 47.5 Å². The van der Waals surface area contributed by atoms with Crippen LogP contribution in [0.5, 0.6) is 17.2 Å². The van der Waals surface area contributed by atoms with Crippen LogP contribution in [0.15, 0.2) is 35.9 Å². The van der Waals surface area contributed by atoms with Crippen molar-refractivity contribution in [2.45, 2.75) is 19.9 Å². The number of likely N-dealkylation sites (tertiary alicyclic amines) is 1. The van der Waals surface area contributed by atoms with Gasteiger partial charge in [0.15, 0.2) is 11.5 Å². The zero-order valence-electron chi connectivity index (χ0n) is 20.9. The number of likely N-dealkylation sites (N-methyl/N-ethyl adjacent to an activating group) is 1. The van der Waals surface area contributed by atoms with E-state index >= 15 is 0 Å². The number of hydrogen-bond donors (Lipinski definition) is 1. The fraction of sp³-hybridized carbons (Fsp3) is 0.385. The molecule has 1 heterocycles. The molecule has 1 aliphatic heterocycles. The Balaban J connectivity index is 2.27. The normalized spacial score (nSPS) is 17.1. The third-order valence-corrected chi connectivity index (χ3v) is 6.94. The van der Waals surface area contributed by atoms with Crippen LogP contribution in [0, 0.1) is 0 Å². The monoisotopic (exact) mass is 536 g/mol. The van der Waals surface area contributed by atoms with Crippen LogP contribution in [-0.4, -0.2) is 74.1 Å². The average molecular weight is 537 g/mol. The van der Waals surface area contributed by atoms with Crippen LogP contribution in [0.4, 0.5) is 0 Å². The summed E-state index contributed by atoms with van der Waals surface area (Å²) in [6.45, 7) is 6.46. The molecule has 0 radical (unpaired) electrons. The van der Waals surface area contributed by atoms with Crippen molar-refractivity contribution in [3.63, 3.8) is 0 Å². The lowest BCUT2D eigenvalue weighted by molar-refractivity contribution is -0.140. The van der Waals surface area contributed by atoms with Crippen LogP contribution >= 0.6 is 23.2 Å². The lowest BCUT2D eigenvalue weighted by Gasteiger charge is -2.29. The Kier molecular flexibility index (Phi) is 9.11. The first-order chi connectivity index (χ1) is 17.2. The summed E-state index contributed by atoms with van der Waals surface area (Å²) in [5.41, 5.74) is 0.513. The van der Waals surface area contributed by atoms with Crippen LogP contribution in [0.2, 0.25) is 10.0 Å². The Labute approximate surface area is 220 Å². The van der Waals surface area contributed by atoms with Crippen LogP contribution in [0.1, 0.15) is 31.0 Å². The van der Waals surface area contributed by atoms with E-state index in [4.69, 9.17) is 37.4 Å². The molecule has 1 aliphatic rings. The second-order valence-electron chi connectivity index (χ2n) is 8.05. The van der Waals surface area contributed by atoms with Gasteiger partial charge in [0.1, 0.15) is 16.5 Å². The molecule has 0 spiro atoms. The van der Waals surface area contributed by atoms with E-state index in [9.17, 15) is 14.7 Å². The maximum Gasteiger partial charge on any atom is 0.295 e. The number of benzene rings is 2. The molecule has 36 heavy (non-hydrogen) atoms. The number of amides is 1. The van der Waals surface area contributed by atoms with Crippen LogP contribution in [-0.2, 0) is 9.59 Å². The van der Waals surface area contributed by atoms with Crippen molar-refractivity contribution in [2.24, 2.45) is 0 Å². The average Bonchev–Trinajstić information content (AvgIpc) is 3.13. The second-order valence-corrected chi connectivity index (χ2v) is 8.83. The highest BCUT2D eigenvalue weighted by molar-refractivity contribution is 6.47. The Morgan fingerprint density at radius 1 is 1.03 bits per heavy atom. The van der Waals surface area contributed by atoms with E-state index < -0.39 is 23.5 Å². The Bertz CT molecular complexity index is 1180. The molecule has 2 aromatic rings. The first-order valence-electron chi connectivity index (χ1n) is 11.5. The summed E-state index contributed by atoms with van der Waals surface area (Å²) in [5, 5.41) is 11.6. The number of methoxy groups -OCH3 is 3. The summed E-state index contributed by atoms with van der Waals surface area (Å²) >= 11 is 12.8. The van der Waals surface area contributed by atoms with Gasteiger partial charge in [-0.25, -0.2) is 0 Å². The van der Waals surface area contributed by atoms with Crippen molar-refractivity contribution in [1.82, 2.24) is 9.80 Å². The molecule has 0 saturated carbocycles. The highest BCUT2D eigenvalue weighted by atomic mass is 35.5. The first kappa shape index (κ1) is 27.6. The lowest BCUT2D eigenvalue weighted by Crippen LogP contribution is -2.38. The molecule has 10 heteroatoms. The number of carbonyl (C=O) groups is 2. The minimum absolute atomic E-state index is 0.0265. The molecule has 1 N–H and O–H groups in total. The first-order valence-corrected chi connectivity index (χ1v) is 12.2. The number of halogens is 2. The Morgan fingerprint density at radius 2 is 1.67 bits per heavy atom. The van der Waals surface area contributed by atoms with E-state index in [1.165, 1.54) is 32.3 Å². The molecule has 8 nitrogen and oxygen atoms in total. The number of nitrogens with zero attached hydrogens (tertiary/aromatic N) is 2. The van der Waals surface area contributed by atoms with E-state index in [1.807, 2.05) is 13.8 Å². The molecule has 1 atom stereocenters. The molecule has 0 aliphatic carbocycles. The van der Waals surface area contributed by atoms with Gasteiger partial charge in [0.2, 0.25) is 0 Å². The van der Waals surface area contributed by atoms with Gasteiger partial charge >= 0.3 is 0 Å². The lowest BCUT2D eigenvalue weighted by atomic mass is 9.94. The fourth-order valence-electron chi connectivity index (χ4n) is 4.41. The topological polar surface area (TPSA) is 88.5 Å². The number of carbonyl (C=O) groups excluding carboxylic acids is 2. The Morgan fingerprint density at radius 3 is 2.25 bits per heavy atom. The van der Waals surface area contributed by atoms with Gasteiger partial charge in [-0.3, -0.25) is 9.59 Å². The van der Waals surface area contributed by atoms with Crippen molar-refractivity contribution < 1.29 is 28.9 Å². The van der Waals surface area contributed by atoms with Gasteiger partial charge in [-0.05, 0) is 25.2 Å².